The average molecular weight is 434 g/mol. The Kier molecular flexibility index (Phi) is 5.95. The van der Waals surface area contributed by atoms with Crippen LogP contribution in [-0.2, 0) is 10.9 Å². The van der Waals surface area contributed by atoms with Gasteiger partial charge in [0.25, 0.3) is 0 Å². The van der Waals surface area contributed by atoms with E-state index >= 15 is 0 Å². The molecule has 1 aromatic carbocycles. The number of allylic oxidation sites excluding steroid dienone is 4. The Morgan fingerprint density at radius 1 is 1.19 bits per heavy atom. The predicted molar refractivity (Wildman–Crippen MR) is 114 cm³/mol. The number of benzene rings is 1. The first kappa shape index (κ1) is 22.0. The number of fused-ring (bicyclic) bond motifs is 1. The molecule has 3 nitrogen and oxygen atoms in total. The minimum absolute atomic E-state index is 0.0365. The summed E-state index contributed by atoms with van der Waals surface area (Å²) in [5.41, 5.74) is 1.52. The van der Waals surface area contributed by atoms with Crippen molar-refractivity contribution in [3.05, 3.63) is 70.7 Å². The van der Waals surface area contributed by atoms with Crippen molar-refractivity contribution in [2.45, 2.75) is 51.8 Å². The fourth-order valence-corrected chi connectivity index (χ4v) is 5.04. The van der Waals surface area contributed by atoms with E-state index in [2.05, 4.69) is 30.9 Å². The fourth-order valence-electron chi connectivity index (χ4n) is 5.04. The number of alkyl halides is 3. The Hall–Kier alpha value is -2.21. The lowest BCUT2D eigenvalue weighted by molar-refractivity contribution is -0.137. The summed E-state index contributed by atoms with van der Waals surface area (Å²) in [5.74, 6) is 1.72. The van der Waals surface area contributed by atoms with Gasteiger partial charge in [0.2, 0.25) is 0 Å². The quantitative estimate of drug-likeness (QED) is 0.586. The van der Waals surface area contributed by atoms with Crippen LogP contribution in [0, 0.1) is 11.3 Å². The summed E-state index contributed by atoms with van der Waals surface area (Å²) >= 11 is 0. The van der Waals surface area contributed by atoms with Crippen LogP contribution < -0.4 is 0 Å². The Labute approximate surface area is 181 Å². The lowest BCUT2D eigenvalue weighted by Gasteiger charge is -2.44. The van der Waals surface area contributed by atoms with Crippen molar-refractivity contribution in [3.63, 3.8) is 0 Å². The lowest BCUT2D eigenvalue weighted by atomic mass is 9.65. The number of ether oxygens (including phenoxy) is 1. The third kappa shape index (κ3) is 4.69. The summed E-state index contributed by atoms with van der Waals surface area (Å²) in [6.45, 7) is 7.09. The first-order chi connectivity index (χ1) is 14.6. The highest BCUT2D eigenvalue weighted by molar-refractivity contribution is 5.30. The first-order valence-corrected chi connectivity index (χ1v) is 11.0. The van der Waals surface area contributed by atoms with Crippen molar-refractivity contribution in [3.8, 4) is 0 Å². The largest absolute Gasteiger partial charge is 0.512 e. The molecule has 1 fully saturated rings. The third-order valence-electron chi connectivity index (χ3n) is 7.14. The van der Waals surface area contributed by atoms with Crippen molar-refractivity contribution in [1.82, 2.24) is 4.90 Å². The number of hydrogen-bond donors (Lipinski definition) is 1. The van der Waals surface area contributed by atoms with Crippen LogP contribution in [-0.4, -0.2) is 29.6 Å². The SMILES string of the molecule is CC1CN(CC2=CCC(c3ccc(C(F)(F)F)cc3)O2)CCCC2=CC=C(O)CC21C. The van der Waals surface area contributed by atoms with Crippen LogP contribution in [0.2, 0.25) is 0 Å². The van der Waals surface area contributed by atoms with Gasteiger partial charge in [-0.05, 0) is 60.6 Å². The number of nitrogens with zero attached hydrogens (tertiary/aromatic N) is 1. The number of aliphatic hydroxyl groups excluding tert-OH is 1. The summed E-state index contributed by atoms with van der Waals surface area (Å²) in [6, 6.07) is 5.27. The van der Waals surface area contributed by atoms with Gasteiger partial charge in [0, 0.05) is 19.4 Å². The van der Waals surface area contributed by atoms with Gasteiger partial charge in [-0.1, -0.05) is 37.6 Å². The van der Waals surface area contributed by atoms with Gasteiger partial charge in [0.15, 0.2) is 0 Å². The molecule has 6 heteroatoms. The zero-order chi connectivity index (χ0) is 22.2. The molecule has 0 amide bonds. The second-order valence-corrected chi connectivity index (χ2v) is 9.32. The molecule has 2 aliphatic heterocycles. The molecule has 31 heavy (non-hydrogen) atoms. The number of rotatable bonds is 3. The van der Waals surface area contributed by atoms with Crippen molar-refractivity contribution < 1.29 is 23.0 Å². The van der Waals surface area contributed by atoms with E-state index < -0.39 is 11.7 Å². The standard InChI is InChI=1S/C25H30F3NO2/c1-17-15-29(13-3-4-19-9-10-21(30)14-24(17,19)2)16-22-11-12-23(31-22)18-5-7-20(8-6-18)25(26,27)28/h5-11,17,23,30H,3-4,12-16H2,1-2H3. The topological polar surface area (TPSA) is 32.7 Å². The zero-order valence-corrected chi connectivity index (χ0v) is 18.1. The molecule has 0 bridgehead atoms. The van der Waals surface area contributed by atoms with Crippen molar-refractivity contribution >= 4 is 0 Å². The van der Waals surface area contributed by atoms with E-state index in [1.54, 1.807) is 0 Å². The van der Waals surface area contributed by atoms with Gasteiger partial charge in [0.1, 0.15) is 11.9 Å². The van der Waals surface area contributed by atoms with E-state index in [4.69, 9.17) is 4.74 Å². The maximum Gasteiger partial charge on any atom is 0.416 e. The summed E-state index contributed by atoms with van der Waals surface area (Å²) in [4.78, 5) is 2.41. The highest BCUT2D eigenvalue weighted by atomic mass is 19.4. The summed E-state index contributed by atoms with van der Waals surface area (Å²) < 4.78 is 44.5. The van der Waals surface area contributed by atoms with E-state index in [-0.39, 0.29) is 11.5 Å². The van der Waals surface area contributed by atoms with Gasteiger partial charge in [-0.25, -0.2) is 0 Å². The summed E-state index contributed by atoms with van der Waals surface area (Å²) in [7, 11) is 0. The van der Waals surface area contributed by atoms with Crippen LogP contribution in [0.1, 0.15) is 56.8 Å². The molecule has 1 saturated heterocycles. The molecule has 3 aliphatic rings. The molecule has 0 radical (unpaired) electrons. The molecule has 0 spiro atoms. The van der Waals surface area contributed by atoms with E-state index in [1.165, 1.54) is 17.7 Å². The molecule has 0 aromatic heterocycles. The van der Waals surface area contributed by atoms with E-state index in [9.17, 15) is 18.3 Å². The molecule has 2 heterocycles. The second-order valence-electron chi connectivity index (χ2n) is 9.32. The van der Waals surface area contributed by atoms with E-state index in [0.29, 0.717) is 31.1 Å². The fraction of sp³-hybridized carbons (Fsp3) is 0.520. The van der Waals surface area contributed by atoms with Crippen LogP contribution in [0.15, 0.2) is 59.6 Å². The van der Waals surface area contributed by atoms with Crippen LogP contribution in [0.25, 0.3) is 0 Å². The Balaban J connectivity index is 1.37. The van der Waals surface area contributed by atoms with Crippen LogP contribution in [0.4, 0.5) is 13.2 Å². The summed E-state index contributed by atoms with van der Waals surface area (Å²) in [5, 5.41) is 10.1. The Morgan fingerprint density at radius 3 is 2.65 bits per heavy atom. The normalized spacial score (nSPS) is 29.8. The minimum atomic E-state index is -4.32. The van der Waals surface area contributed by atoms with E-state index in [0.717, 1.165) is 49.4 Å². The first-order valence-electron chi connectivity index (χ1n) is 11.0. The van der Waals surface area contributed by atoms with Gasteiger partial charge in [0.05, 0.1) is 17.9 Å². The predicted octanol–water partition coefficient (Wildman–Crippen LogP) is 6.56. The number of aliphatic hydroxyl groups is 1. The zero-order valence-electron chi connectivity index (χ0n) is 18.1. The molecule has 1 N–H and O–H groups in total. The molecular formula is C25H30F3NO2. The molecule has 3 atom stereocenters. The van der Waals surface area contributed by atoms with Crippen LogP contribution in [0.5, 0.6) is 0 Å². The van der Waals surface area contributed by atoms with Crippen molar-refractivity contribution in [2.75, 3.05) is 19.6 Å². The maximum atomic E-state index is 12.8. The molecule has 0 saturated carbocycles. The van der Waals surface area contributed by atoms with Crippen LogP contribution >= 0.6 is 0 Å². The highest BCUT2D eigenvalue weighted by Crippen LogP contribution is 2.46. The Morgan fingerprint density at radius 2 is 1.94 bits per heavy atom. The summed E-state index contributed by atoms with van der Waals surface area (Å²) in [6.07, 6.45) is 4.89. The van der Waals surface area contributed by atoms with Crippen LogP contribution in [0.3, 0.4) is 0 Å². The molecule has 1 aliphatic carbocycles. The minimum Gasteiger partial charge on any atom is -0.512 e. The number of hydrogen-bond acceptors (Lipinski definition) is 3. The molecule has 168 valence electrons. The Bertz CT molecular complexity index is 900. The van der Waals surface area contributed by atoms with E-state index in [1.807, 2.05) is 6.08 Å². The number of halogens is 3. The van der Waals surface area contributed by atoms with Crippen molar-refractivity contribution in [2.24, 2.45) is 11.3 Å². The van der Waals surface area contributed by atoms with Crippen molar-refractivity contribution in [1.29, 1.82) is 0 Å². The molecule has 3 unspecified atom stereocenters. The van der Waals surface area contributed by atoms with Gasteiger partial charge in [-0.15, -0.1) is 0 Å². The molecule has 4 rings (SSSR count). The highest BCUT2D eigenvalue weighted by Gasteiger charge is 2.39. The van der Waals surface area contributed by atoms with Gasteiger partial charge in [-0.3, -0.25) is 4.90 Å². The maximum absolute atomic E-state index is 12.8. The lowest BCUT2D eigenvalue weighted by Crippen LogP contribution is -2.42. The average Bonchev–Trinajstić information content (AvgIpc) is 3.16. The second kappa shape index (κ2) is 8.38. The van der Waals surface area contributed by atoms with Gasteiger partial charge < -0.3 is 9.84 Å². The molecule has 1 aromatic rings. The molecular weight excluding hydrogens is 403 g/mol. The monoisotopic (exact) mass is 433 g/mol. The van der Waals surface area contributed by atoms with Gasteiger partial charge >= 0.3 is 6.18 Å². The third-order valence-corrected chi connectivity index (χ3v) is 7.14. The smallest absolute Gasteiger partial charge is 0.416 e. The number of likely N-dealkylation sites (tertiary alicyclic amines) is 1. The van der Waals surface area contributed by atoms with Gasteiger partial charge in [-0.2, -0.15) is 13.2 Å².